The monoisotopic (exact) mass is 978 g/mol. The molecule has 10 aromatic carbocycles. The minimum Gasteiger partial charge on any atom is -0.457 e. The van der Waals surface area contributed by atoms with E-state index in [-0.39, 0.29) is 0 Å². The van der Waals surface area contributed by atoms with E-state index in [1.807, 2.05) is 24.3 Å². The van der Waals surface area contributed by atoms with E-state index in [0.29, 0.717) is 11.8 Å². The fourth-order valence-corrected chi connectivity index (χ4v) is 12.3. The molecule has 15 rings (SSSR count). The second-order valence-electron chi connectivity index (χ2n) is 19.5. The highest BCUT2D eigenvalue weighted by Gasteiger charge is 2.63. The standard InChI is InChI=1S/C70H46N2O4/c1-5-23-47(24-6-1)49-27-21-33-53(43-49)71(51-29-9-3-10-30-51)65-45-59-67(75-65)70(57-37-15-19-41-63(57)74-64-42-20-16-38-58(64)70)60-46-66(76-68(60)69(59)55-35-13-17-39-61(55)73-62-40-18-14-36-56(62)69)72(52-31-11-4-12-32-52)54-34-22-28-50(44-54)48-25-7-2-8-26-48/h1-46H. The van der Waals surface area contributed by atoms with Gasteiger partial charge in [-0.05, 0) is 95.1 Å². The van der Waals surface area contributed by atoms with Crippen LogP contribution in [0.15, 0.2) is 288 Å². The number of rotatable bonds is 8. The Balaban J connectivity index is 1.09. The molecule has 0 unspecified atom stereocenters. The maximum Gasteiger partial charge on any atom is 0.205 e. The summed E-state index contributed by atoms with van der Waals surface area (Å²) < 4.78 is 30.0. The molecule has 6 heteroatoms. The number of anilines is 6. The van der Waals surface area contributed by atoms with Gasteiger partial charge in [-0.15, -0.1) is 0 Å². The zero-order chi connectivity index (χ0) is 50.2. The molecule has 2 aliphatic heterocycles. The Morgan fingerprint density at radius 1 is 0.237 bits per heavy atom. The van der Waals surface area contributed by atoms with Gasteiger partial charge in [0, 0.05) is 68.3 Å². The van der Waals surface area contributed by atoms with E-state index in [2.05, 4.69) is 265 Å². The van der Waals surface area contributed by atoms with Crippen LogP contribution in [0.25, 0.3) is 22.3 Å². The fourth-order valence-electron chi connectivity index (χ4n) is 12.3. The van der Waals surface area contributed by atoms with Gasteiger partial charge < -0.3 is 18.3 Å². The van der Waals surface area contributed by atoms with Gasteiger partial charge in [-0.25, -0.2) is 0 Å². The Hall–Kier alpha value is -10.0. The number of hydrogen-bond donors (Lipinski definition) is 0. The maximum atomic E-state index is 8.02. The first-order valence-electron chi connectivity index (χ1n) is 25.7. The zero-order valence-corrected chi connectivity index (χ0v) is 41.1. The molecule has 12 aromatic rings. The Morgan fingerprint density at radius 3 is 0.882 bits per heavy atom. The van der Waals surface area contributed by atoms with Crippen LogP contribution < -0.4 is 19.3 Å². The normalized spacial score (nSPS) is 13.7. The van der Waals surface area contributed by atoms with Gasteiger partial charge in [0.1, 0.15) is 45.3 Å². The number of fused-ring (bicyclic) bond motifs is 14. The predicted molar refractivity (Wildman–Crippen MR) is 302 cm³/mol. The Kier molecular flexibility index (Phi) is 9.91. The summed E-state index contributed by atoms with van der Waals surface area (Å²) in [5.41, 5.74) is 11.5. The van der Waals surface area contributed by atoms with Crippen LogP contribution in [-0.4, -0.2) is 0 Å². The maximum absolute atomic E-state index is 8.02. The van der Waals surface area contributed by atoms with Crippen LogP contribution in [0.1, 0.15) is 44.9 Å². The molecule has 1 aliphatic carbocycles. The first-order chi connectivity index (χ1) is 37.7. The highest BCUT2D eigenvalue weighted by Crippen LogP contribution is 2.69. The molecule has 0 N–H and O–H groups in total. The molecule has 76 heavy (non-hydrogen) atoms. The molecule has 6 nitrogen and oxygen atoms in total. The van der Waals surface area contributed by atoms with Crippen molar-refractivity contribution in [2.24, 2.45) is 0 Å². The topological polar surface area (TPSA) is 51.2 Å². The van der Waals surface area contributed by atoms with E-state index in [9.17, 15) is 0 Å². The summed E-state index contributed by atoms with van der Waals surface area (Å²) in [5, 5.41) is 0. The summed E-state index contributed by atoms with van der Waals surface area (Å²) in [4.78, 5) is 4.48. The largest absolute Gasteiger partial charge is 0.457 e. The van der Waals surface area contributed by atoms with Crippen molar-refractivity contribution in [2.45, 2.75) is 10.8 Å². The lowest BCUT2D eigenvalue weighted by molar-refractivity contribution is 0.353. The third-order valence-corrected chi connectivity index (χ3v) is 15.4. The third kappa shape index (κ3) is 6.47. The molecule has 0 saturated heterocycles. The minimum absolute atomic E-state index is 0.636. The molecule has 2 spiro atoms. The highest BCUT2D eigenvalue weighted by molar-refractivity contribution is 5.86. The van der Waals surface area contributed by atoms with Crippen molar-refractivity contribution >= 4 is 34.5 Å². The molecule has 0 atom stereocenters. The first kappa shape index (κ1) is 43.5. The first-order valence-corrected chi connectivity index (χ1v) is 25.7. The minimum atomic E-state index is -1.13. The lowest BCUT2D eigenvalue weighted by atomic mass is 9.54. The van der Waals surface area contributed by atoms with Crippen LogP contribution in [-0.2, 0) is 10.8 Å². The quantitative estimate of drug-likeness (QED) is 0.151. The lowest BCUT2D eigenvalue weighted by Crippen LogP contribution is -2.46. The van der Waals surface area contributed by atoms with Crippen molar-refractivity contribution < 1.29 is 18.3 Å². The van der Waals surface area contributed by atoms with E-state index in [1.54, 1.807) is 0 Å². The van der Waals surface area contributed by atoms with E-state index in [0.717, 1.165) is 113 Å². The molecule has 0 bridgehead atoms. The summed E-state index contributed by atoms with van der Waals surface area (Å²) in [5.74, 6) is 5.68. The third-order valence-electron chi connectivity index (χ3n) is 15.4. The van der Waals surface area contributed by atoms with Crippen molar-refractivity contribution in [3.8, 4) is 45.3 Å². The van der Waals surface area contributed by atoms with Gasteiger partial charge in [-0.3, -0.25) is 9.80 Å². The lowest BCUT2D eigenvalue weighted by Gasteiger charge is -2.48. The van der Waals surface area contributed by atoms with Gasteiger partial charge in [0.2, 0.25) is 11.8 Å². The average Bonchev–Trinajstić information content (AvgIpc) is 4.25. The van der Waals surface area contributed by atoms with E-state index in [4.69, 9.17) is 18.3 Å². The zero-order valence-electron chi connectivity index (χ0n) is 41.1. The molecule has 3 aliphatic rings. The second kappa shape index (κ2) is 17.3. The van der Waals surface area contributed by atoms with Gasteiger partial charge in [0.15, 0.2) is 0 Å². The van der Waals surface area contributed by atoms with Crippen LogP contribution in [0, 0.1) is 0 Å². The highest BCUT2D eigenvalue weighted by atomic mass is 16.5. The number of nitrogens with zero attached hydrogens (tertiary/aromatic N) is 2. The second-order valence-corrected chi connectivity index (χ2v) is 19.5. The molecule has 0 radical (unpaired) electrons. The van der Waals surface area contributed by atoms with Gasteiger partial charge >= 0.3 is 0 Å². The number of ether oxygens (including phenoxy) is 2. The summed E-state index contributed by atoms with van der Waals surface area (Å²) in [6, 6.07) is 97.5. The molecular weight excluding hydrogens is 933 g/mol. The molecule has 0 fully saturated rings. The summed E-state index contributed by atoms with van der Waals surface area (Å²) >= 11 is 0. The number of hydrogen-bond acceptors (Lipinski definition) is 6. The molecule has 0 saturated carbocycles. The van der Waals surface area contributed by atoms with Crippen molar-refractivity contribution in [2.75, 3.05) is 9.80 Å². The Morgan fingerprint density at radius 2 is 0.526 bits per heavy atom. The predicted octanol–water partition coefficient (Wildman–Crippen LogP) is 18.4. The molecule has 2 aromatic heterocycles. The van der Waals surface area contributed by atoms with E-state index < -0.39 is 10.8 Å². The van der Waals surface area contributed by atoms with Crippen molar-refractivity contribution in [3.05, 3.63) is 324 Å². The van der Waals surface area contributed by atoms with Crippen molar-refractivity contribution in [3.63, 3.8) is 0 Å². The van der Waals surface area contributed by atoms with Crippen LogP contribution in [0.2, 0.25) is 0 Å². The molecule has 360 valence electrons. The molecule has 0 amide bonds. The Labute approximate surface area is 440 Å². The van der Waals surface area contributed by atoms with Crippen molar-refractivity contribution in [1.29, 1.82) is 0 Å². The fraction of sp³-hybridized carbons (Fsp3) is 0.0286. The number of furan rings is 2. The molecular formula is C70H46N2O4. The average molecular weight is 979 g/mol. The molecule has 4 heterocycles. The van der Waals surface area contributed by atoms with Crippen LogP contribution in [0.3, 0.4) is 0 Å². The summed E-state index contributed by atoms with van der Waals surface area (Å²) in [6.07, 6.45) is 0. The van der Waals surface area contributed by atoms with Crippen LogP contribution in [0.4, 0.5) is 34.5 Å². The smallest absolute Gasteiger partial charge is 0.205 e. The number of benzene rings is 10. The van der Waals surface area contributed by atoms with Crippen LogP contribution >= 0.6 is 0 Å². The SMILES string of the molecule is c1ccc(-c2cccc(N(c3ccccc3)c3cc4c(o3)C3(c5ccccc5Oc5ccccc53)c3cc(N(c5ccccc5)c5cccc(-c6ccccc6)c5)oc3C43c4ccccc4Oc4ccccc43)c2)cc1. The van der Waals surface area contributed by atoms with E-state index >= 15 is 0 Å². The van der Waals surface area contributed by atoms with Gasteiger partial charge in [0.25, 0.3) is 0 Å². The van der Waals surface area contributed by atoms with Gasteiger partial charge in [-0.2, -0.15) is 0 Å². The van der Waals surface area contributed by atoms with Crippen LogP contribution in [0.5, 0.6) is 23.0 Å². The van der Waals surface area contributed by atoms with Crippen molar-refractivity contribution in [1.82, 2.24) is 0 Å². The number of para-hydroxylation sites is 6. The van der Waals surface area contributed by atoms with Gasteiger partial charge in [0.05, 0.1) is 0 Å². The van der Waals surface area contributed by atoms with Gasteiger partial charge in [-0.1, -0.05) is 194 Å². The summed E-state index contributed by atoms with van der Waals surface area (Å²) in [7, 11) is 0. The summed E-state index contributed by atoms with van der Waals surface area (Å²) in [6.45, 7) is 0. The Bertz CT molecular complexity index is 3740. The van der Waals surface area contributed by atoms with E-state index in [1.165, 1.54) is 0 Å².